The van der Waals surface area contributed by atoms with Crippen LogP contribution in [0, 0.1) is 0 Å². The number of anilines is 2. The molecule has 3 aliphatic heterocycles. The van der Waals surface area contributed by atoms with Crippen molar-refractivity contribution >= 4 is 29.0 Å². The summed E-state index contributed by atoms with van der Waals surface area (Å²) in [5.41, 5.74) is 1.54. The van der Waals surface area contributed by atoms with Gasteiger partial charge in [0.2, 0.25) is 5.95 Å². The van der Waals surface area contributed by atoms with Crippen molar-refractivity contribution in [1.29, 1.82) is 0 Å². The van der Waals surface area contributed by atoms with Crippen LogP contribution >= 0.6 is 0 Å². The lowest BCUT2D eigenvalue weighted by molar-refractivity contribution is -0.186. The number of aromatic nitrogens is 4. The minimum Gasteiger partial charge on any atom is -0.385 e. The van der Waals surface area contributed by atoms with Crippen LogP contribution in [0.3, 0.4) is 0 Å². The van der Waals surface area contributed by atoms with E-state index in [2.05, 4.69) is 50.5 Å². The highest BCUT2D eigenvalue weighted by molar-refractivity contribution is 5.85. The standard InChI is InChI=1S/C33H41N9O5/c1-33(27(44)26(43)30(45)47-33)42-19-36-25-28(35-17-24(20-8-4-2-5-9-20)21-10-6-3-7-11-21)39-31(40-29(25)42)41-15-13-23(18-41)38-32(46)37-22-12-14-34-16-22/h2-11,19,22-24,26-27,30,34,43-45H,12-18H2,1H3,(H,35,39,40)(H2,37,38,46)/t22-,23-,26+,27-,30-,33-/m1/s1. The largest absolute Gasteiger partial charge is 0.385 e. The van der Waals surface area contributed by atoms with Gasteiger partial charge in [0.1, 0.15) is 12.2 Å². The monoisotopic (exact) mass is 643 g/mol. The van der Waals surface area contributed by atoms with E-state index in [0.29, 0.717) is 49.0 Å². The van der Waals surface area contributed by atoms with Gasteiger partial charge in [-0.25, -0.2) is 9.78 Å². The maximum absolute atomic E-state index is 12.7. The van der Waals surface area contributed by atoms with Crippen molar-refractivity contribution in [2.75, 3.05) is 42.9 Å². The van der Waals surface area contributed by atoms with Crippen LogP contribution in [0.15, 0.2) is 67.0 Å². The second kappa shape index (κ2) is 13.0. The van der Waals surface area contributed by atoms with Gasteiger partial charge in [-0.05, 0) is 37.4 Å². The van der Waals surface area contributed by atoms with E-state index in [1.807, 2.05) is 41.3 Å². The van der Waals surface area contributed by atoms with E-state index in [1.54, 1.807) is 6.92 Å². The molecular weight excluding hydrogens is 602 g/mol. The maximum atomic E-state index is 12.7. The summed E-state index contributed by atoms with van der Waals surface area (Å²) in [5.74, 6) is 0.907. The first-order chi connectivity index (χ1) is 22.8. The van der Waals surface area contributed by atoms with E-state index < -0.39 is 24.2 Å². The number of aliphatic hydroxyl groups is 3. The molecule has 0 radical (unpaired) electrons. The van der Waals surface area contributed by atoms with Crippen LogP contribution in [0.25, 0.3) is 11.2 Å². The zero-order valence-electron chi connectivity index (χ0n) is 26.2. The summed E-state index contributed by atoms with van der Waals surface area (Å²) < 4.78 is 7.22. The molecule has 4 aromatic rings. The van der Waals surface area contributed by atoms with Gasteiger partial charge in [-0.1, -0.05) is 60.7 Å². The van der Waals surface area contributed by atoms with Crippen molar-refractivity contribution in [2.45, 2.75) is 62.0 Å². The third-order valence-corrected chi connectivity index (χ3v) is 9.47. The zero-order chi connectivity index (χ0) is 32.5. The number of carbonyl (C=O) groups is 1. The van der Waals surface area contributed by atoms with Crippen LogP contribution in [0.1, 0.15) is 36.8 Å². The normalized spacial score (nSPS) is 27.5. The number of hydrogen-bond acceptors (Lipinski definition) is 11. The molecule has 0 spiro atoms. The van der Waals surface area contributed by atoms with Crippen molar-refractivity contribution in [2.24, 2.45) is 0 Å². The lowest BCUT2D eigenvalue weighted by Gasteiger charge is -2.29. The average molecular weight is 644 g/mol. The summed E-state index contributed by atoms with van der Waals surface area (Å²) in [6.45, 7) is 4.84. The quantitative estimate of drug-likeness (QED) is 0.139. The molecule has 2 aromatic heterocycles. The highest BCUT2D eigenvalue weighted by atomic mass is 16.7. The molecule has 0 unspecified atom stereocenters. The molecule has 14 heteroatoms. The lowest BCUT2D eigenvalue weighted by Crippen LogP contribution is -2.47. The zero-order valence-corrected chi connectivity index (χ0v) is 26.2. The minimum absolute atomic E-state index is 0.00435. The van der Waals surface area contributed by atoms with Crippen LogP contribution in [-0.2, 0) is 10.5 Å². The molecule has 248 valence electrons. The second-order valence-corrected chi connectivity index (χ2v) is 12.7. The summed E-state index contributed by atoms with van der Waals surface area (Å²) in [5, 5.41) is 44.4. The summed E-state index contributed by atoms with van der Waals surface area (Å²) in [7, 11) is 0. The number of amides is 2. The van der Waals surface area contributed by atoms with E-state index in [0.717, 1.165) is 30.6 Å². The van der Waals surface area contributed by atoms with E-state index in [1.165, 1.54) is 10.9 Å². The Morgan fingerprint density at radius 2 is 1.72 bits per heavy atom. The molecule has 7 rings (SSSR count). The predicted molar refractivity (Wildman–Crippen MR) is 175 cm³/mol. The lowest BCUT2D eigenvalue weighted by atomic mass is 9.91. The van der Waals surface area contributed by atoms with Gasteiger partial charge in [-0.15, -0.1) is 0 Å². The van der Waals surface area contributed by atoms with Crippen molar-refractivity contribution < 1.29 is 24.9 Å². The van der Waals surface area contributed by atoms with Crippen LogP contribution in [0.2, 0.25) is 0 Å². The second-order valence-electron chi connectivity index (χ2n) is 12.7. The number of aliphatic hydroxyl groups excluding tert-OH is 3. The van der Waals surface area contributed by atoms with Crippen molar-refractivity contribution in [1.82, 2.24) is 35.5 Å². The number of ether oxygens (including phenoxy) is 1. The fourth-order valence-corrected chi connectivity index (χ4v) is 6.78. The van der Waals surface area contributed by atoms with Gasteiger partial charge >= 0.3 is 6.03 Å². The summed E-state index contributed by atoms with van der Waals surface area (Å²) in [4.78, 5) is 29.1. The van der Waals surface area contributed by atoms with Gasteiger partial charge in [0.15, 0.2) is 29.0 Å². The highest BCUT2D eigenvalue weighted by Crippen LogP contribution is 2.38. The Balaban J connectivity index is 1.20. The molecule has 3 saturated heterocycles. The molecule has 0 aliphatic carbocycles. The van der Waals surface area contributed by atoms with E-state index in [4.69, 9.17) is 14.7 Å². The number of urea groups is 1. The van der Waals surface area contributed by atoms with Crippen molar-refractivity contribution in [3.63, 3.8) is 0 Å². The topological polar surface area (TPSA) is 182 Å². The van der Waals surface area contributed by atoms with Gasteiger partial charge in [0.05, 0.1) is 6.33 Å². The molecule has 6 atom stereocenters. The first-order valence-corrected chi connectivity index (χ1v) is 16.1. The Morgan fingerprint density at radius 3 is 2.36 bits per heavy atom. The van der Waals surface area contributed by atoms with Gasteiger partial charge in [-0.2, -0.15) is 9.97 Å². The molecule has 0 saturated carbocycles. The fourth-order valence-electron chi connectivity index (χ4n) is 6.78. The summed E-state index contributed by atoms with van der Waals surface area (Å²) in [6, 6.07) is 20.3. The van der Waals surface area contributed by atoms with E-state index >= 15 is 0 Å². The molecule has 2 aromatic carbocycles. The third-order valence-electron chi connectivity index (χ3n) is 9.47. The number of nitrogens with one attached hydrogen (secondary N) is 4. The van der Waals surface area contributed by atoms with E-state index in [9.17, 15) is 20.1 Å². The van der Waals surface area contributed by atoms with E-state index in [-0.39, 0.29) is 24.0 Å². The van der Waals surface area contributed by atoms with Crippen LogP contribution < -0.4 is 26.2 Å². The third kappa shape index (κ3) is 6.22. The molecular formula is C33H41N9O5. The number of imidazole rings is 1. The summed E-state index contributed by atoms with van der Waals surface area (Å²) in [6.07, 6.45) is -1.44. The number of carbonyl (C=O) groups excluding carboxylic acids is 1. The Labute approximate surface area is 272 Å². The van der Waals surface area contributed by atoms with Crippen molar-refractivity contribution in [3.8, 4) is 0 Å². The molecule has 5 heterocycles. The molecule has 3 fully saturated rings. The minimum atomic E-state index is -1.58. The van der Waals surface area contributed by atoms with Crippen LogP contribution in [0.5, 0.6) is 0 Å². The highest BCUT2D eigenvalue weighted by Gasteiger charge is 2.53. The smallest absolute Gasteiger partial charge is 0.315 e. The first kappa shape index (κ1) is 31.3. The van der Waals surface area contributed by atoms with Crippen LogP contribution in [-0.4, -0.2) is 104 Å². The average Bonchev–Trinajstić information content (AvgIpc) is 3.89. The van der Waals surface area contributed by atoms with Crippen LogP contribution in [0.4, 0.5) is 16.6 Å². The maximum Gasteiger partial charge on any atom is 0.315 e. The number of hydrogen-bond donors (Lipinski definition) is 7. The molecule has 7 N–H and O–H groups in total. The predicted octanol–water partition coefficient (Wildman–Crippen LogP) is 1.05. The Morgan fingerprint density at radius 1 is 1.02 bits per heavy atom. The number of fused-ring (bicyclic) bond motifs is 1. The number of nitrogens with zero attached hydrogens (tertiary/aromatic N) is 5. The Kier molecular flexibility index (Phi) is 8.68. The molecule has 14 nitrogen and oxygen atoms in total. The summed E-state index contributed by atoms with van der Waals surface area (Å²) >= 11 is 0. The molecule has 0 bridgehead atoms. The Bertz CT molecular complexity index is 1650. The van der Waals surface area contributed by atoms with Gasteiger partial charge in [-0.3, -0.25) is 4.57 Å². The molecule has 3 aliphatic rings. The number of benzene rings is 2. The SMILES string of the molecule is C[C@@]1(n2cnc3c(NCC(c4ccccc4)c4ccccc4)nc(N4CC[C@@H](NC(=O)N[C@@H]5CCNC5)C4)nc32)O[C@@H](O)[C@@H](O)[C@H]1O. The number of rotatable bonds is 9. The van der Waals surface area contributed by atoms with Crippen molar-refractivity contribution in [3.05, 3.63) is 78.1 Å². The van der Waals surface area contributed by atoms with Gasteiger partial charge in [0, 0.05) is 44.2 Å². The fraction of sp³-hybridized carbons (Fsp3) is 0.455. The Hall–Kier alpha value is -4.34. The first-order valence-electron chi connectivity index (χ1n) is 16.1. The van der Waals surface area contributed by atoms with Gasteiger partial charge in [0.25, 0.3) is 0 Å². The van der Waals surface area contributed by atoms with Gasteiger partial charge < -0.3 is 46.2 Å². The molecule has 47 heavy (non-hydrogen) atoms. The molecule has 2 amide bonds.